The highest BCUT2D eigenvalue weighted by molar-refractivity contribution is 6.08. The predicted octanol–water partition coefficient (Wildman–Crippen LogP) is 5.36. The Balaban J connectivity index is 1.20. The minimum atomic E-state index is -1.97. The van der Waals surface area contributed by atoms with Crippen LogP contribution in [0.25, 0.3) is 5.57 Å². The van der Waals surface area contributed by atoms with Crippen LogP contribution in [0.2, 0.25) is 0 Å². The summed E-state index contributed by atoms with van der Waals surface area (Å²) in [5.74, 6) is -7.55. The predicted molar refractivity (Wildman–Crippen MR) is 251 cm³/mol. The molecule has 1 aliphatic carbocycles. The molecule has 380 valence electrons. The van der Waals surface area contributed by atoms with E-state index in [4.69, 9.17) is 52.1 Å². The number of amides is 1. The first-order valence-corrected chi connectivity index (χ1v) is 23.1. The van der Waals surface area contributed by atoms with Crippen molar-refractivity contribution in [1.82, 2.24) is 5.32 Å². The molecule has 0 unspecified atom stereocenters. The SMILES string of the molecule is CC(=O)O[C@@H]1[C@@H](OC(C)=O)[C@@H]2NC(=O)c3c(cc4c(c3O[C@@H]3O[C@H](COC(=O)c5ccccc5)[C@@H](OC(=O)c5ccccc5)[C@H](OC(=O)c5ccccc5)[C@H]3OC(=O)c3ccccc3)OCO4)C2=C[C@@H]1OC(C)=O. The third-order valence-corrected chi connectivity index (χ3v) is 12.0. The molecule has 0 saturated carbocycles. The van der Waals surface area contributed by atoms with E-state index in [1.807, 2.05) is 0 Å². The number of ether oxygens (including phenoxy) is 11. The number of fused-ring (bicyclic) bond motifs is 4. The molecule has 3 aliphatic heterocycles. The van der Waals surface area contributed by atoms with Gasteiger partial charge in [-0.3, -0.25) is 19.2 Å². The van der Waals surface area contributed by atoms with Crippen LogP contribution >= 0.6 is 0 Å². The molecule has 20 nitrogen and oxygen atoms in total. The number of benzene rings is 5. The summed E-state index contributed by atoms with van der Waals surface area (Å²) >= 11 is 0. The van der Waals surface area contributed by atoms with Gasteiger partial charge in [-0.25, -0.2) is 19.2 Å². The zero-order valence-electron chi connectivity index (χ0n) is 39.6. The van der Waals surface area contributed by atoms with Crippen molar-refractivity contribution in [3.63, 3.8) is 0 Å². The van der Waals surface area contributed by atoms with Crippen LogP contribution in [0.4, 0.5) is 0 Å². The number of rotatable bonds is 14. The maximum atomic E-state index is 14.8. The van der Waals surface area contributed by atoms with Gasteiger partial charge in [-0.2, -0.15) is 0 Å². The van der Waals surface area contributed by atoms with Gasteiger partial charge in [0.2, 0.25) is 24.9 Å². The summed E-state index contributed by atoms with van der Waals surface area (Å²) in [6.07, 6.45) is -11.9. The van der Waals surface area contributed by atoms with E-state index in [0.717, 1.165) is 20.8 Å². The summed E-state index contributed by atoms with van der Waals surface area (Å²) in [4.78, 5) is 109. The Bertz CT molecular complexity index is 3000. The molecule has 9 rings (SSSR count). The van der Waals surface area contributed by atoms with Gasteiger partial charge in [0.1, 0.15) is 12.7 Å². The first-order chi connectivity index (χ1) is 35.7. The lowest BCUT2D eigenvalue weighted by atomic mass is 9.79. The minimum absolute atomic E-state index is 0.00647. The summed E-state index contributed by atoms with van der Waals surface area (Å²) in [6, 6.07) is 31.4. The first kappa shape index (κ1) is 49.9. The largest absolute Gasteiger partial charge is 0.459 e. The van der Waals surface area contributed by atoms with E-state index in [0.29, 0.717) is 0 Å². The molecule has 1 saturated heterocycles. The van der Waals surface area contributed by atoms with E-state index >= 15 is 0 Å². The Morgan fingerprint density at radius 3 is 1.57 bits per heavy atom. The van der Waals surface area contributed by atoms with E-state index < -0.39 is 116 Å². The molecule has 0 spiro atoms. The Hall–Kier alpha value is -9.04. The average Bonchev–Trinajstić information content (AvgIpc) is 3.88. The Labute approximate surface area is 421 Å². The molecule has 0 bridgehead atoms. The van der Waals surface area contributed by atoms with Gasteiger partial charge in [-0.15, -0.1) is 0 Å². The van der Waals surface area contributed by atoms with Crippen molar-refractivity contribution >= 4 is 53.3 Å². The smallest absolute Gasteiger partial charge is 0.338 e. The van der Waals surface area contributed by atoms with Gasteiger partial charge < -0.3 is 57.4 Å². The number of carbonyl (C=O) groups is 8. The lowest BCUT2D eigenvalue weighted by Crippen LogP contribution is -2.64. The van der Waals surface area contributed by atoms with Crippen molar-refractivity contribution in [2.24, 2.45) is 0 Å². The minimum Gasteiger partial charge on any atom is -0.459 e. The van der Waals surface area contributed by atoms with E-state index in [9.17, 15) is 38.4 Å². The molecule has 4 aliphatic rings. The van der Waals surface area contributed by atoms with Crippen molar-refractivity contribution in [2.45, 2.75) is 75.8 Å². The quantitative estimate of drug-likeness (QED) is 0.109. The summed E-state index contributed by atoms with van der Waals surface area (Å²) in [5, 5.41) is 2.79. The molecule has 0 aromatic heterocycles. The second kappa shape index (κ2) is 21.8. The Kier molecular flexibility index (Phi) is 14.7. The van der Waals surface area contributed by atoms with Crippen molar-refractivity contribution in [2.75, 3.05) is 13.4 Å². The highest BCUT2D eigenvalue weighted by Gasteiger charge is 2.56. The van der Waals surface area contributed by atoms with Crippen LogP contribution in [0, 0.1) is 0 Å². The summed E-state index contributed by atoms with van der Waals surface area (Å²) in [5.41, 5.74) is 0.264. The molecule has 3 heterocycles. The van der Waals surface area contributed by atoms with E-state index in [1.54, 1.807) is 72.8 Å². The van der Waals surface area contributed by atoms with Crippen LogP contribution in [-0.2, 0) is 52.3 Å². The Morgan fingerprint density at radius 2 is 1.04 bits per heavy atom. The van der Waals surface area contributed by atoms with Crippen molar-refractivity contribution in [1.29, 1.82) is 0 Å². The number of nitrogens with one attached hydrogen (secondary N) is 1. The summed E-state index contributed by atoms with van der Waals surface area (Å²) in [7, 11) is 0. The van der Waals surface area contributed by atoms with E-state index in [2.05, 4.69) is 5.32 Å². The van der Waals surface area contributed by atoms with E-state index in [-0.39, 0.29) is 56.2 Å². The molecule has 74 heavy (non-hydrogen) atoms. The molecular weight excluding hydrogens is 967 g/mol. The van der Waals surface area contributed by atoms with Crippen molar-refractivity contribution in [3.8, 4) is 17.2 Å². The third kappa shape index (κ3) is 10.7. The van der Waals surface area contributed by atoms with Crippen LogP contribution in [0.1, 0.15) is 78.1 Å². The van der Waals surface area contributed by atoms with Crippen LogP contribution in [-0.4, -0.2) is 116 Å². The molecule has 0 radical (unpaired) electrons. The number of esters is 7. The van der Waals surface area contributed by atoms with Crippen molar-refractivity contribution < 1.29 is 90.5 Å². The van der Waals surface area contributed by atoms with Gasteiger partial charge in [0.05, 0.1) is 33.9 Å². The van der Waals surface area contributed by atoms with Crippen LogP contribution in [0.5, 0.6) is 17.2 Å². The standard InChI is InChI=1S/C54H45NO19/c1-28(56)67-38-25-36-35-24-37-42(66-27-65-37)45(40(35)49(59)55-41(36)46(69-30(3)58)43(38)68-29(2)57)74-54-48(73-53(63)34-22-14-7-15-23-34)47(72-52(62)33-20-12-6-13-21-33)44(71-51(61)32-18-10-5-11-19-32)39(70-54)26-64-50(60)31-16-8-4-9-17-31/h4-25,38-39,41,43-44,46-48,54H,26-27H2,1-3H3,(H,55,59)/t38-,39+,41+,43-,44+,46-,47-,48+,54-/m0/s1. The van der Waals surface area contributed by atoms with Gasteiger partial charge in [0, 0.05) is 26.3 Å². The summed E-state index contributed by atoms with van der Waals surface area (Å²) in [6.45, 7) is 2.23. The molecule has 1 amide bonds. The Morgan fingerprint density at radius 1 is 0.554 bits per heavy atom. The molecule has 1 fully saturated rings. The van der Waals surface area contributed by atoms with E-state index in [1.165, 1.54) is 60.7 Å². The second-order valence-corrected chi connectivity index (χ2v) is 17.0. The molecule has 1 N–H and O–H groups in total. The van der Waals surface area contributed by atoms with Crippen molar-refractivity contribution in [3.05, 3.63) is 167 Å². The highest BCUT2D eigenvalue weighted by atomic mass is 16.7. The number of hydrogen-bond donors (Lipinski definition) is 1. The van der Waals surface area contributed by atoms with Crippen LogP contribution in [0.3, 0.4) is 0 Å². The second-order valence-electron chi connectivity index (χ2n) is 17.0. The number of carbonyl (C=O) groups excluding carboxylic acids is 8. The van der Waals surface area contributed by atoms with Crippen LogP contribution in [0.15, 0.2) is 133 Å². The zero-order valence-corrected chi connectivity index (χ0v) is 39.6. The monoisotopic (exact) mass is 1010 g/mol. The molecule has 20 heteroatoms. The topological polar surface area (TPSA) is 250 Å². The van der Waals surface area contributed by atoms with Gasteiger partial charge >= 0.3 is 41.8 Å². The zero-order chi connectivity index (χ0) is 52.0. The lowest BCUT2D eigenvalue weighted by Gasteiger charge is -2.45. The maximum absolute atomic E-state index is 14.8. The third-order valence-electron chi connectivity index (χ3n) is 12.0. The average molecular weight is 1010 g/mol. The molecule has 9 atom stereocenters. The fraction of sp³-hybridized carbons (Fsp3) is 0.259. The first-order valence-electron chi connectivity index (χ1n) is 23.1. The van der Waals surface area contributed by atoms with Gasteiger partial charge in [0.25, 0.3) is 5.91 Å². The fourth-order valence-electron chi connectivity index (χ4n) is 8.82. The number of hydrogen-bond acceptors (Lipinski definition) is 19. The molecule has 5 aromatic rings. The highest BCUT2D eigenvalue weighted by Crippen LogP contribution is 2.51. The van der Waals surface area contributed by atoms with Gasteiger partial charge in [0.15, 0.2) is 42.0 Å². The fourth-order valence-corrected chi connectivity index (χ4v) is 8.82. The normalized spacial score (nSPS) is 23.1. The molecule has 5 aromatic carbocycles. The summed E-state index contributed by atoms with van der Waals surface area (Å²) < 4.78 is 66.3. The maximum Gasteiger partial charge on any atom is 0.338 e. The lowest BCUT2D eigenvalue weighted by molar-refractivity contribution is -0.275. The van der Waals surface area contributed by atoms with Gasteiger partial charge in [-0.1, -0.05) is 72.8 Å². The van der Waals surface area contributed by atoms with Crippen LogP contribution < -0.4 is 19.5 Å². The van der Waals surface area contributed by atoms with Gasteiger partial charge in [-0.05, 0) is 66.2 Å². The molecular formula is C54H45NO19.